The Kier molecular flexibility index (Phi) is 5.30. The molecular weight excluding hydrogens is 320 g/mol. The summed E-state index contributed by atoms with van der Waals surface area (Å²) in [6.45, 7) is 2.46. The molecule has 0 radical (unpaired) electrons. The van der Waals surface area contributed by atoms with Gasteiger partial charge in [0.1, 0.15) is 0 Å². The molecule has 1 aliphatic rings. The van der Waals surface area contributed by atoms with E-state index in [4.69, 9.17) is 4.74 Å². The van der Waals surface area contributed by atoms with Gasteiger partial charge in [-0.1, -0.05) is 30.3 Å². The summed E-state index contributed by atoms with van der Waals surface area (Å²) in [5.41, 5.74) is 2.22. The largest absolute Gasteiger partial charge is 0.478 e. The second kappa shape index (κ2) is 7.81. The molecule has 0 aliphatic carbocycles. The first kappa shape index (κ1) is 17.0. The molecule has 1 saturated heterocycles. The van der Waals surface area contributed by atoms with E-state index in [-0.39, 0.29) is 17.9 Å². The highest BCUT2D eigenvalue weighted by Crippen LogP contribution is 2.25. The summed E-state index contributed by atoms with van der Waals surface area (Å²) < 4.78 is 5.31. The number of hydrogen-bond acceptors (Lipinski definition) is 4. The number of amides is 1. The lowest BCUT2D eigenvalue weighted by Crippen LogP contribution is -2.37. The molecule has 6 heteroatoms. The van der Waals surface area contributed by atoms with Gasteiger partial charge in [0.05, 0.1) is 30.9 Å². The number of carboxylic acid groups (broad SMARTS) is 1. The number of nitrogens with zero attached hydrogens (tertiary/aromatic N) is 1. The molecule has 1 amide bonds. The number of aromatic carboxylic acids is 1. The Morgan fingerprint density at radius 2 is 1.80 bits per heavy atom. The van der Waals surface area contributed by atoms with Gasteiger partial charge in [-0.25, -0.2) is 4.79 Å². The van der Waals surface area contributed by atoms with Crippen molar-refractivity contribution in [2.24, 2.45) is 0 Å². The number of rotatable bonds is 5. The van der Waals surface area contributed by atoms with Crippen molar-refractivity contribution in [1.82, 2.24) is 0 Å². The first-order valence-corrected chi connectivity index (χ1v) is 8.17. The van der Waals surface area contributed by atoms with Gasteiger partial charge in [-0.15, -0.1) is 0 Å². The predicted octanol–water partition coefficient (Wildman–Crippen LogP) is 2.40. The number of nitrogens with one attached hydrogen (secondary N) is 1. The standard InChI is InChI=1S/C19H20N2O4/c22-18(12-14-4-2-1-3-5-14)20-15-6-7-17(16(13-15)19(23)24)21-8-10-25-11-9-21/h1-7,13H,8-12H2,(H,20,22)(H,23,24). The number of hydrogen-bond donors (Lipinski definition) is 2. The van der Waals surface area contributed by atoms with Crippen LogP contribution in [0.1, 0.15) is 15.9 Å². The smallest absolute Gasteiger partial charge is 0.337 e. The van der Waals surface area contributed by atoms with Crippen molar-refractivity contribution in [1.29, 1.82) is 0 Å². The molecule has 1 aliphatic heterocycles. The van der Waals surface area contributed by atoms with E-state index >= 15 is 0 Å². The van der Waals surface area contributed by atoms with E-state index in [0.29, 0.717) is 37.7 Å². The van der Waals surface area contributed by atoms with E-state index in [1.807, 2.05) is 35.2 Å². The maximum Gasteiger partial charge on any atom is 0.337 e. The van der Waals surface area contributed by atoms with Crippen molar-refractivity contribution in [2.75, 3.05) is 36.5 Å². The summed E-state index contributed by atoms with van der Waals surface area (Å²) in [6, 6.07) is 14.4. The van der Waals surface area contributed by atoms with Crippen molar-refractivity contribution in [3.8, 4) is 0 Å². The number of anilines is 2. The van der Waals surface area contributed by atoms with Crippen LogP contribution >= 0.6 is 0 Å². The summed E-state index contributed by atoms with van der Waals surface area (Å²) >= 11 is 0. The third-order valence-corrected chi connectivity index (χ3v) is 4.07. The zero-order valence-electron chi connectivity index (χ0n) is 13.8. The topological polar surface area (TPSA) is 78.9 Å². The second-order valence-corrected chi connectivity index (χ2v) is 5.85. The highest BCUT2D eigenvalue weighted by molar-refractivity contribution is 5.98. The van der Waals surface area contributed by atoms with Crippen LogP contribution in [-0.2, 0) is 16.0 Å². The zero-order valence-corrected chi connectivity index (χ0v) is 13.8. The first-order chi connectivity index (χ1) is 12.1. The molecule has 2 aromatic rings. The van der Waals surface area contributed by atoms with Gasteiger partial charge in [-0.3, -0.25) is 4.79 Å². The van der Waals surface area contributed by atoms with Crippen LogP contribution in [0, 0.1) is 0 Å². The summed E-state index contributed by atoms with van der Waals surface area (Å²) in [6.07, 6.45) is 0.245. The molecule has 130 valence electrons. The van der Waals surface area contributed by atoms with E-state index < -0.39 is 5.97 Å². The Morgan fingerprint density at radius 3 is 2.48 bits per heavy atom. The van der Waals surface area contributed by atoms with E-state index in [0.717, 1.165) is 5.56 Å². The Bertz CT molecular complexity index is 755. The predicted molar refractivity (Wildman–Crippen MR) is 95.2 cm³/mol. The van der Waals surface area contributed by atoms with Crippen molar-refractivity contribution < 1.29 is 19.4 Å². The third-order valence-electron chi connectivity index (χ3n) is 4.07. The highest BCUT2D eigenvalue weighted by Gasteiger charge is 2.19. The van der Waals surface area contributed by atoms with Gasteiger partial charge in [-0.05, 0) is 23.8 Å². The maximum atomic E-state index is 12.2. The summed E-state index contributed by atoms with van der Waals surface area (Å²) in [7, 11) is 0. The number of carbonyl (C=O) groups is 2. The molecule has 2 N–H and O–H groups in total. The summed E-state index contributed by atoms with van der Waals surface area (Å²) in [5.74, 6) is -1.19. The first-order valence-electron chi connectivity index (χ1n) is 8.17. The molecule has 0 unspecified atom stereocenters. The van der Waals surface area contributed by atoms with E-state index in [1.165, 1.54) is 6.07 Å². The van der Waals surface area contributed by atoms with Crippen molar-refractivity contribution in [3.05, 3.63) is 59.7 Å². The molecule has 0 spiro atoms. The van der Waals surface area contributed by atoms with Gasteiger partial charge >= 0.3 is 5.97 Å². The van der Waals surface area contributed by atoms with Crippen LogP contribution in [0.4, 0.5) is 11.4 Å². The van der Waals surface area contributed by atoms with Crippen LogP contribution in [-0.4, -0.2) is 43.3 Å². The fourth-order valence-electron chi connectivity index (χ4n) is 2.85. The lowest BCUT2D eigenvalue weighted by atomic mass is 10.1. The number of carbonyl (C=O) groups excluding carboxylic acids is 1. The monoisotopic (exact) mass is 340 g/mol. The average Bonchev–Trinajstić information content (AvgIpc) is 2.63. The Hall–Kier alpha value is -2.86. The van der Waals surface area contributed by atoms with Crippen molar-refractivity contribution in [3.63, 3.8) is 0 Å². The molecule has 0 saturated carbocycles. The number of benzene rings is 2. The van der Waals surface area contributed by atoms with Crippen LogP contribution in [0.3, 0.4) is 0 Å². The summed E-state index contributed by atoms with van der Waals surface area (Å²) in [5, 5.41) is 12.3. The Morgan fingerprint density at radius 1 is 1.08 bits per heavy atom. The van der Waals surface area contributed by atoms with Gasteiger partial charge in [0, 0.05) is 18.8 Å². The maximum absolute atomic E-state index is 12.2. The molecule has 25 heavy (non-hydrogen) atoms. The van der Waals surface area contributed by atoms with Crippen LogP contribution in [0.5, 0.6) is 0 Å². The highest BCUT2D eigenvalue weighted by atomic mass is 16.5. The minimum Gasteiger partial charge on any atom is -0.478 e. The van der Waals surface area contributed by atoms with Crippen molar-refractivity contribution >= 4 is 23.3 Å². The lowest BCUT2D eigenvalue weighted by molar-refractivity contribution is -0.115. The van der Waals surface area contributed by atoms with Gasteiger partial charge in [0.2, 0.25) is 5.91 Å². The Balaban J connectivity index is 1.74. The normalized spacial score (nSPS) is 14.2. The minimum atomic E-state index is -1.01. The summed E-state index contributed by atoms with van der Waals surface area (Å²) in [4.78, 5) is 25.8. The lowest BCUT2D eigenvalue weighted by Gasteiger charge is -2.30. The molecule has 0 aromatic heterocycles. The number of ether oxygens (including phenoxy) is 1. The molecule has 0 bridgehead atoms. The SMILES string of the molecule is O=C(Cc1ccccc1)Nc1ccc(N2CCOCC2)c(C(=O)O)c1. The van der Waals surface area contributed by atoms with E-state index in [1.54, 1.807) is 12.1 Å². The molecule has 3 rings (SSSR count). The molecule has 1 fully saturated rings. The quantitative estimate of drug-likeness (QED) is 0.874. The molecule has 1 heterocycles. The van der Waals surface area contributed by atoms with Crippen LogP contribution in [0.15, 0.2) is 48.5 Å². The van der Waals surface area contributed by atoms with Crippen LogP contribution in [0.2, 0.25) is 0 Å². The minimum absolute atomic E-state index is 0.179. The second-order valence-electron chi connectivity index (χ2n) is 5.85. The molecule has 6 nitrogen and oxygen atoms in total. The molecule has 0 atom stereocenters. The fraction of sp³-hybridized carbons (Fsp3) is 0.263. The van der Waals surface area contributed by atoms with Gasteiger partial charge in [-0.2, -0.15) is 0 Å². The Labute approximate surface area is 146 Å². The van der Waals surface area contributed by atoms with Crippen LogP contribution < -0.4 is 10.2 Å². The molecular formula is C19H20N2O4. The van der Waals surface area contributed by atoms with Crippen LogP contribution in [0.25, 0.3) is 0 Å². The van der Waals surface area contributed by atoms with Gasteiger partial charge in [0.15, 0.2) is 0 Å². The van der Waals surface area contributed by atoms with Crippen molar-refractivity contribution in [2.45, 2.75) is 6.42 Å². The van der Waals surface area contributed by atoms with Gasteiger partial charge in [0.25, 0.3) is 0 Å². The number of carboxylic acids is 1. The van der Waals surface area contributed by atoms with E-state index in [9.17, 15) is 14.7 Å². The fourth-order valence-corrected chi connectivity index (χ4v) is 2.85. The molecule has 2 aromatic carbocycles. The zero-order chi connectivity index (χ0) is 17.6. The van der Waals surface area contributed by atoms with E-state index in [2.05, 4.69) is 5.32 Å². The average molecular weight is 340 g/mol. The third kappa shape index (κ3) is 4.36. The van der Waals surface area contributed by atoms with Gasteiger partial charge < -0.3 is 20.1 Å². The number of morpholine rings is 1.